The normalized spacial score (nSPS) is 22.7. The van der Waals surface area contributed by atoms with Gasteiger partial charge in [0.05, 0.1) is 12.1 Å². The van der Waals surface area contributed by atoms with Crippen molar-refractivity contribution in [2.24, 2.45) is 0 Å². The molecule has 1 aromatic carbocycles. The van der Waals surface area contributed by atoms with Crippen molar-refractivity contribution in [3.8, 4) is 0 Å². The van der Waals surface area contributed by atoms with Crippen LogP contribution in [0.5, 0.6) is 0 Å². The minimum Gasteiger partial charge on any atom is -0.367 e. The summed E-state index contributed by atoms with van der Waals surface area (Å²) in [6, 6.07) is 7.81. The molecule has 0 fully saturated rings. The van der Waals surface area contributed by atoms with Crippen LogP contribution in [0.2, 0.25) is 0 Å². The Labute approximate surface area is 123 Å². The van der Waals surface area contributed by atoms with Crippen LogP contribution in [-0.4, -0.2) is 25.4 Å². The Kier molecular flexibility index (Phi) is 5.65. The number of hydrogen-bond donors (Lipinski definition) is 1. The number of fused-ring (bicyclic) bond motifs is 1. The molecule has 0 radical (unpaired) electrons. The van der Waals surface area contributed by atoms with Crippen molar-refractivity contribution >= 4 is 0 Å². The van der Waals surface area contributed by atoms with E-state index >= 15 is 0 Å². The first-order valence-corrected chi connectivity index (χ1v) is 7.51. The number of aryl methyl sites for hydroxylation is 1. The van der Waals surface area contributed by atoms with Crippen LogP contribution in [0.25, 0.3) is 0 Å². The Morgan fingerprint density at radius 3 is 2.76 bits per heavy atom. The highest BCUT2D eigenvalue weighted by molar-refractivity contribution is 5.32. The predicted octanol–water partition coefficient (Wildman–Crippen LogP) is 4.01. The van der Waals surface area contributed by atoms with Crippen molar-refractivity contribution in [3.63, 3.8) is 0 Å². The summed E-state index contributed by atoms with van der Waals surface area (Å²) in [6.07, 6.45) is -1.38. The molecule has 0 aromatic heterocycles. The molecule has 2 atom stereocenters. The molecule has 1 aliphatic rings. The first-order valence-electron chi connectivity index (χ1n) is 7.51. The van der Waals surface area contributed by atoms with Gasteiger partial charge in [-0.05, 0) is 43.4 Å². The summed E-state index contributed by atoms with van der Waals surface area (Å²) in [5, 5.41) is 3.36. The van der Waals surface area contributed by atoms with E-state index in [9.17, 15) is 13.2 Å². The first kappa shape index (κ1) is 16.3. The quantitative estimate of drug-likeness (QED) is 0.830. The Hall–Kier alpha value is -1.07. The van der Waals surface area contributed by atoms with Gasteiger partial charge in [-0.3, -0.25) is 0 Å². The van der Waals surface area contributed by atoms with Gasteiger partial charge < -0.3 is 10.1 Å². The maximum absolute atomic E-state index is 12.4. The van der Waals surface area contributed by atoms with Gasteiger partial charge in [-0.2, -0.15) is 13.2 Å². The summed E-state index contributed by atoms with van der Waals surface area (Å²) in [5.41, 5.74) is 2.29. The molecule has 2 unspecified atom stereocenters. The highest BCUT2D eigenvalue weighted by Gasteiger charge is 2.33. The summed E-state index contributed by atoms with van der Waals surface area (Å²) >= 11 is 0. The predicted molar refractivity (Wildman–Crippen MR) is 76.2 cm³/mol. The van der Waals surface area contributed by atoms with E-state index in [1.165, 1.54) is 5.56 Å². The summed E-state index contributed by atoms with van der Waals surface area (Å²) in [6.45, 7) is 1.64. The van der Waals surface area contributed by atoms with E-state index in [1.54, 1.807) is 0 Å². The molecule has 1 aliphatic carbocycles. The van der Waals surface area contributed by atoms with Crippen LogP contribution in [0.4, 0.5) is 13.2 Å². The molecular formula is C16H22F3NO. The Morgan fingerprint density at radius 2 is 2.05 bits per heavy atom. The zero-order valence-electron chi connectivity index (χ0n) is 12.2. The molecule has 0 amide bonds. The third-order valence-electron chi connectivity index (χ3n) is 3.77. The number of benzene rings is 1. The van der Waals surface area contributed by atoms with Crippen molar-refractivity contribution in [2.75, 3.05) is 13.2 Å². The first-order chi connectivity index (χ1) is 10.0. The second-order valence-electron chi connectivity index (χ2n) is 5.49. The lowest BCUT2D eigenvalue weighted by Gasteiger charge is -2.28. The number of alkyl halides is 3. The number of halogens is 3. The third-order valence-corrected chi connectivity index (χ3v) is 3.77. The lowest BCUT2D eigenvalue weighted by atomic mass is 9.97. The van der Waals surface area contributed by atoms with Crippen molar-refractivity contribution in [2.45, 2.75) is 50.9 Å². The maximum atomic E-state index is 12.4. The highest BCUT2D eigenvalue weighted by atomic mass is 19.4. The second kappa shape index (κ2) is 7.27. The van der Waals surface area contributed by atoms with Gasteiger partial charge in [0.2, 0.25) is 0 Å². The molecule has 5 heteroatoms. The molecular weight excluding hydrogens is 279 g/mol. The lowest BCUT2D eigenvalue weighted by molar-refractivity contribution is -0.189. The van der Waals surface area contributed by atoms with E-state index in [2.05, 4.69) is 11.4 Å². The molecule has 0 saturated carbocycles. The molecule has 2 nitrogen and oxygen atoms in total. The lowest BCUT2D eigenvalue weighted by Crippen LogP contribution is -2.36. The van der Waals surface area contributed by atoms with Crippen molar-refractivity contribution in [1.29, 1.82) is 0 Å². The largest absolute Gasteiger partial charge is 0.411 e. The van der Waals surface area contributed by atoms with Crippen LogP contribution in [0, 0.1) is 0 Å². The molecule has 2 rings (SSSR count). The van der Waals surface area contributed by atoms with Crippen molar-refractivity contribution < 1.29 is 17.9 Å². The smallest absolute Gasteiger partial charge is 0.367 e. The van der Waals surface area contributed by atoms with Gasteiger partial charge >= 0.3 is 6.18 Å². The van der Waals surface area contributed by atoms with Gasteiger partial charge in [0.15, 0.2) is 0 Å². The number of rotatable bonds is 5. The Morgan fingerprint density at radius 1 is 1.29 bits per heavy atom. The molecule has 0 spiro atoms. The molecule has 0 saturated heterocycles. The zero-order valence-corrected chi connectivity index (χ0v) is 12.2. The van der Waals surface area contributed by atoms with E-state index in [0.29, 0.717) is 6.42 Å². The van der Waals surface area contributed by atoms with E-state index in [1.807, 2.05) is 25.1 Å². The van der Waals surface area contributed by atoms with Crippen LogP contribution in [0.3, 0.4) is 0 Å². The second-order valence-corrected chi connectivity index (χ2v) is 5.49. The third kappa shape index (κ3) is 4.71. The van der Waals surface area contributed by atoms with E-state index < -0.39 is 18.9 Å². The molecule has 1 N–H and O–H groups in total. The average Bonchev–Trinajstić information content (AvgIpc) is 2.61. The standard InChI is InChI=1S/C16H22F3NO/c1-2-10-20-15-13-8-4-3-6-12(13)7-5-9-14(15)21-11-16(17,18)19/h3-4,6,8,14-15,20H,2,5,7,9-11H2,1H3. The van der Waals surface area contributed by atoms with Gasteiger partial charge in [0, 0.05) is 0 Å². The van der Waals surface area contributed by atoms with Crippen molar-refractivity contribution in [3.05, 3.63) is 35.4 Å². The number of hydrogen-bond acceptors (Lipinski definition) is 2. The van der Waals surface area contributed by atoms with Crippen LogP contribution < -0.4 is 5.32 Å². The van der Waals surface area contributed by atoms with Crippen LogP contribution in [0.15, 0.2) is 24.3 Å². The minimum absolute atomic E-state index is 0.161. The topological polar surface area (TPSA) is 21.3 Å². The zero-order chi connectivity index (χ0) is 15.3. The molecule has 118 valence electrons. The van der Waals surface area contributed by atoms with Crippen LogP contribution in [-0.2, 0) is 11.2 Å². The molecule has 0 aliphatic heterocycles. The fourth-order valence-electron chi connectivity index (χ4n) is 2.85. The SMILES string of the molecule is CCCNC1c2ccccc2CCCC1OCC(F)(F)F. The summed E-state index contributed by atoms with van der Waals surface area (Å²) in [4.78, 5) is 0. The monoisotopic (exact) mass is 301 g/mol. The number of ether oxygens (including phenoxy) is 1. The molecule has 0 heterocycles. The van der Waals surface area contributed by atoms with Gasteiger partial charge in [-0.1, -0.05) is 31.2 Å². The maximum Gasteiger partial charge on any atom is 0.411 e. The summed E-state index contributed by atoms with van der Waals surface area (Å²) < 4.78 is 42.5. The van der Waals surface area contributed by atoms with E-state index in [0.717, 1.165) is 31.4 Å². The van der Waals surface area contributed by atoms with Crippen molar-refractivity contribution in [1.82, 2.24) is 5.32 Å². The summed E-state index contributed by atoms with van der Waals surface area (Å²) in [5.74, 6) is 0. The van der Waals surface area contributed by atoms with Gasteiger partial charge in [-0.25, -0.2) is 0 Å². The van der Waals surface area contributed by atoms with Gasteiger partial charge in [0.25, 0.3) is 0 Å². The fourth-order valence-corrected chi connectivity index (χ4v) is 2.85. The van der Waals surface area contributed by atoms with Crippen LogP contribution >= 0.6 is 0 Å². The average molecular weight is 301 g/mol. The number of nitrogens with one attached hydrogen (secondary N) is 1. The summed E-state index contributed by atoms with van der Waals surface area (Å²) in [7, 11) is 0. The minimum atomic E-state index is -4.28. The van der Waals surface area contributed by atoms with Gasteiger partial charge in [0.1, 0.15) is 6.61 Å². The Balaban J connectivity index is 2.18. The Bertz CT molecular complexity index is 447. The fraction of sp³-hybridized carbons (Fsp3) is 0.625. The molecule has 0 bridgehead atoms. The van der Waals surface area contributed by atoms with E-state index in [-0.39, 0.29) is 6.04 Å². The molecule has 21 heavy (non-hydrogen) atoms. The molecule has 1 aromatic rings. The van der Waals surface area contributed by atoms with E-state index in [4.69, 9.17) is 4.74 Å². The highest BCUT2D eigenvalue weighted by Crippen LogP contribution is 2.32. The van der Waals surface area contributed by atoms with Crippen LogP contribution in [0.1, 0.15) is 43.4 Å². The van der Waals surface area contributed by atoms with Gasteiger partial charge in [-0.15, -0.1) is 0 Å².